The number of hydrogen-bond acceptors (Lipinski definition) is 5. The van der Waals surface area contributed by atoms with Gasteiger partial charge in [-0.3, -0.25) is 0 Å². The van der Waals surface area contributed by atoms with E-state index in [9.17, 15) is 0 Å². The van der Waals surface area contributed by atoms with Gasteiger partial charge in [0.15, 0.2) is 11.5 Å². The number of hydrogen-bond donors (Lipinski definition) is 1. The molecular weight excluding hydrogens is 294 g/mol. The van der Waals surface area contributed by atoms with Gasteiger partial charge in [-0.2, -0.15) is 0 Å². The Kier molecular flexibility index (Phi) is 6.56. The quantitative estimate of drug-likeness (QED) is 0.720. The van der Waals surface area contributed by atoms with Gasteiger partial charge in [-0.25, -0.2) is 0 Å². The first-order valence-corrected chi connectivity index (χ1v) is 7.62. The van der Waals surface area contributed by atoms with E-state index in [-0.39, 0.29) is 0 Å². The van der Waals surface area contributed by atoms with Gasteiger partial charge in [-0.05, 0) is 48.9 Å². The van der Waals surface area contributed by atoms with Gasteiger partial charge >= 0.3 is 0 Å². The van der Waals surface area contributed by atoms with Gasteiger partial charge in [0.05, 0.1) is 13.7 Å². The number of ether oxygens (including phenoxy) is 4. The number of rotatable bonds is 9. The van der Waals surface area contributed by atoms with Crippen molar-refractivity contribution in [1.82, 2.24) is 0 Å². The molecule has 23 heavy (non-hydrogen) atoms. The summed E-state index contributed by atoms with van der Waals surface area (Å²) >= 11 is 0. The summed E-state index contributed by atoms with van der Waals surface area (Å²) in [6, 6.07) is 13.1. The van der Waals surface area contributed by atoms with Crippen LogP contribution in [-0.4, -0.2) is 26.9 Å². The van der Waals surface area contributed by atoms with Crippen LogP contribution in [0.4, 0.5) is 0 Å². The van der Waals surface area contributed by atoms with Crippen molar-refractivity contribution in [2.24, 2.45) is 5.73 Å². The van der Waals surface area contributed by atoms with Gasteiger partial charge in [0.25, 0.3) is 0 Å². The third-order valence-corrected chi connectivity index (χ3v) is 3.21. The molecule has 0 heterocycles. The van der Waals surface area contributed by atoms with Crippen molar-refractivity contribution in [3.63, 3.8) is 0 Å². The summed E-state index contributed by atoms with van der Waals surface area (Å²) in [5, 5.41) is 0. The molecule has 5 heteroatoms. The Morgan fingerprint density at radius 1 is 0.826 bits per heavy atom. The Morgan fingerprint density at radius 2 is 1.52 bits per heavy atom. The van der Waals surface area contributed by atoms with E-state index in [2.05, 4.69) is 0 Å². The standard InChI is InChI=1S/C18H23NO4/c1-3-21-18-12-14(13-19)4-9-17(18)23-11-10-22-16-7-5-15(20-2)6-8-16/h4-9,12H,3,10-11,13,19H2,1-2H3. The fourth-order valence-electron chi connectivity index (χ4n) is 2.05. The van der Waals surface area contributed by atoms with Crippen molar-refractivity contribution in [1.29, 1.82) is 0 Å². The summed E-state index contributed by atoms with van der Waals surface area (Å²) in [6.07, 6.45) is 0. The second-order valence-corrected chi connectivity index (χ2v) is 4.79. The van der Waals surface area contributed by atoms with Gasteiger partial charge in [-0.1, -0.05) is 6.07 Å². The first kappa shape index (κ1) is 17.0. The SMILES string of the molecule is CCOc1cc(CN)ccc1OCCOc1ccc(OC)cc1. The summed E-state index contributed by atoms with van der Waals surface area (Å²) in [5.41, 5.74) is 6.66. The van der Waals surface area contributed by atoms with E-state index in [4.69, 9.17) is 24.7 Å². The van der Waals surface area contributed by atoms with Crippen molar-refractivity contribution >= 4 is 0 Å². The van der Waals surface area contributed by atoms with E-state index in [1.54, 1.807) is 7.11 Å². The molecule has 0 fully saturated rings. The maximum Gasteiger partial charge on any atom is 0.161 e. The molecule has 0 spiro atoms. The molecule has 0 bridgehead atoms. The van der Waals surface area contributed by atoms with Crippen molar-refractivity contribution in [2.45, 2.75) is 13.5 Å². The molecule has 0 unspecified atom stereocenters. The topological polar surface area (TPSA) is 62.9 Å². The van der Waals surface area contributed by atoms with Crippen LogP contribution in [0, 0.1) is 0 Å². The van der Waals surface area contributed by atoms with Crippen LogP contribution in [0.2, 0.25) is 0 Å². The van der Waals surface area contributed by atoms with Gasteiger partial charge in [0.2, 0.25) is 0 Å². The number of nitrogens with two attached hydrogens (primary N) is 1. The van der Waals surface area contributed by atoms with E-state index >= 15 is 0 Å². The van der Waals surface area contributed by atoms with E-state index < -0.39 is 0 Å². The average Bonchev–Trinajstić information content (AvgIpc) is 2.60. The van der Waals surface area contributed by atoms with Crippen LogP contribution in [0.1, 0.15) is 12.5 Å². The number of benzene rings is 2. The molecule has 124 valence electrons. The van der Waals surface area contributed by atoms with Crippen LogP contribution >= 0.6 is 0 Å². The minimum atomic E-state index is 0.425. The molecular formula is C18H23NO4. The summed E-state index contributed by atoms with van der Waals surface area (Å²) in [6.45, 7) is 3.85. The highest BCUT2D eigenvalue weighted by Gasteiger charge is 2.06. The van der Waals surface area contributed by atoms with E-state index in [1.165, 1.54) is 0 Å². The predicted molar refractivity (Wildman–Crippen MR) is 89.5 cm³/mol. The Hall–Kier alpha value is -2.40. The summed E-state index contributed by atoms with van der Waals surface area (Å²) < 4.78 is 22.1. The van der Waals surface area contributed by atoms with E-state index in [0.29, 0.717) is 37.9 Å². The third-order valence-electron chi connectivity index (χ3n) is 3.21. The maximum absolute atomic E-state index is 5.74. The predicted octanol–water partition coefficient (Wildman–Crippen LogP) is 3.01. The van der Waals surface area contributed by atoms with Crippen molar-refractivity contribution in [3.05, 3.63) is 48.0 Å². The Balaban J connectivity index is 1.85. The second kappa shape index (κ2) is 8.90. The molecule has 0 aliphatic heterocycles. The molecule has 0 amide bonds. The lowest BCUT2D eigenvalue weighted by atomic mass is 10.2. The van der Waals surface area contributed by atoms with Gasteiger partial charge in [0.1, 0.15) is 24.7 Å². The van der Waals surface area contributed by atoms with Crippen LogP contribution in [0.25, 0.3) is 0 Å². The molecule has 0 radical (unpaired) electrons. The first-order valence-electron chi connectivity index (χ1n) is 7.62. The lowest BCUT2D eigenvalue weighted by molar-refractivity contribution is 0.208. The zero-order valence-electron chi connectivity index (χ0n) is 13.6. The Labute approximate surface area is 136 Å². The second-order valence-electron chi connectivity index (χ2n) is 4.79. The lowest BCUT2D eigenvalue weighted by Gasteiger charge is -2.13. The van der Waals surface area contributed by atoms with Crippen LogP contribution < -0.4 is 24.7 Å². The minimum absolute atomic E-state index is 0.425. The van der Waals surface area contributed by atoms with E-state index in [0.717, 1.165) is 17.1 Å². The smallest absolute Gasteiger partial charge is 0.161 e. The number of methoxy groups -OCH3 is 1. The van der Waals surface area contributed by atoms with Crippen LogP contribution in [0.3, 0.4) is 0 Å². The summed E-state index contributed by atoms with van der Waals surface area (Å²) in [4.78, 5) is 0. The molecule has 0 saturated heterocycles. The lowest BCUT2D eigenvalue weighted by Crippen LogP contribution is -2.10. The maximum atomic E-state index is 5.74. The first-order chi connectivity index (χ1) is 11.3. The monoisotopic (exact) mass is 317 g/mol. The Morgan fingerprint density at radius 3 is 2.17 bits per heavy atom. The molecule has 2 aromatic carbocycles. The van der Waals surface area contributed by atoms with Gasteiger partial charge in [-0.15, -0.1) is 0 Å². The Bertz CT molecular complexity index is 598. The molecule has 0 saturated carbocycles. The van der Waals surface area contributed by atoms with Crippen LogP contribution in [-0.2, 0) is 6.54 Å². The third kappa shape index (κ3) is 5.07. The molecule has 0 aliphatic rings. The molecule has 2 rings (SSSR count). The van der Waals surface area contributed by atoms with Crippen molar-refractivity contribution in [2.75, 3.05) is 26.9 Å². The molecule has 5 nitrogen and oxygen atoms in total. The highest BCUT2D eigenvalue weighted by Crippen LogP contribution is 2.28. The van der Waals surface area contributed by atoms with Crippen molar-refractivity contribution in [3.8, 4) is 23.0 Å². The zero-order chi connectivity index (χ0) is 16.5. The van der Waals surface area contributed by atoms with E-state index in [1.807, 2.05) is 49.4 Å². The molecule has 0 aromatic heterocycles. The molecule has 2 N–H and O–H groups in total. The highest BCUT2D eigenvalue weighted by molar-refractivity contribution is 5.43. The van der Waals surface area contributed by atoms with Gasteiger partial charge < -0.3 is 24.7 Å². The summed E-state index contributed by atoms with van der Waals surface area (Å²) in [5.74, 6) is 2.98. The summed E-state index contributed by atoms with van der Waals surface area (Å²) in [7, 11) is 1.63. The van der Waals surface area contributed by atoms with Crippen LogP contribution in [0.15, 0.2) is 42.5 Å². The highest BCUT2D eigenvalue weighted by atomic mass is 16.5. The molecule has 0 aliphatic carbocycles. The zero-order valence-corrected chi connectivity index (χ0v) is 13.6. The fourth-order valence-corrected chi connectivity index (χ4v) is 2.05. The molecule has 2 aromatic rings. The minimum Gasteiger partial charge on any atom is -0.497 e. The van der Waals surface area contributed by atoms with Gasteiger partial charge in [0, 0.05) is 6.54 Å². The average molecular weight is 317 g/mol. The van der Waals surface area contributed by atoms with Crippen LogP contribution in [0.5, 0.6) is 23.0 Å². The largest absolute Gasteiger partial charge is 0.497 e. The van der Waals surface area contributed by atoms with Crippen molar-refractivity contribution < 1.29 is 18.9 Å². The normalized spacial score (nSPS) is 10.2. The fraction of sp³-hybridized carbons (Fsp3) is 0.333. The molecule has 0 atom stereocenters.